The van der Waals surface area contributed by atoms with Crippen molar-refractivity contribution in [1.29, 1.82) is 0 Å². The molecule has 1 saturated heterocycles. The Morgan fingerprint density at radius 2 is 2.06 bits per heavy atom. The van der Waals surface area contributed by atoms with E-state index in [-0.39, 0.29) is 17.8 Å². The van der Waals surface area contributed by atoms with E-state index >= 15 is 0 Å². The molecule has 4 atom stereocenters. The summed E-state index contributed by atoms with van der Waals surface area (Å²) in [7, 11) is 3.70. The van der Waals surface area contributed by atoms with E-state index in [1.54, 1.807) is 13.2 Å². The fourth-order valence-electron chi connectivity index (χ4n) is 6.55. The molecular formula is C26H33NO5. The van der Waals surface area contributed by atoms with Gasteiger partial charge in [-0.25, -0.2) is 0 Å². The van der Waals surface area contributed by atoms with Crippen molar-refractivity contribution in [3.05, 3.63) is 35.4 Å². The van der Waals surface area contributed by atoms with Crippen LogP contribution in [0.3, 0.4) is 0 Å². The van der Waals surface area contributed by atoms with E-state index < -0.39 is 17.1 Å². The van der Waals surface area contributed by atoms with Crippen LogP contribution in [0.15, 0.2) is 24.3 Å². The minimum Gasteiger partial charge on any atom is -0.493 e. The number of ketones is 1. The second kappa shape index (κ2) is 7.91. The van der Waals surface area contributed by atoms with E-state index in [9.17, 15) is 9.59 Å². The lowest BCUT2D eigenvalue weighted by Crippen LogP contribution is -2.75. The van der Waals surface area contributed by atoms with Gasteiger partial charge in [-0.3, -0.25) is 14.5 Å². The molecule has 0 N–H and O–H groups in total. The number of likely N-dealkylation sites (tertiary alicyclic amines) is 1. The van der Waals surface area contributed by atoms with E-state index in [2.05, 4.69) is 24.9 Å². The number of esters is 1. The zero-order valence-corrected chi connectivity index (χ0v) is 19.3. The van der Waals surface area contributed by atoms with Crippen LogP contribution in [0.4, 0.5) is 0 Å². The summed E-state index contributed by atoms with van der Waals surface area (Å²) in [5, 5.41) is 0. The molecule has 1 aromatic rings. The highest BCUT2D eigenvalue weighted by Crippen LogP contribution is 2.64. The topological polar surface area (TPSA) is 65.1 Å². The average molecular weight is 440 g/mol. The van der Waals surface area contributed by atoms with E-state index in [4.69, 9.17) is 14.2 Å². The van der Waals surface area contributed by atoms with Crippen molar-refractivity contribution >= 4 is 11.8 Å². The molecule has 6 nitrogen and oxygen atoms in total. The fourth-order valence-corrected chi connectivity index (χ4v) is 6.55. The van der Waals surface area contributed by atoms with Gasteiger partial charge in [0.25, 0.3) is 0 Å². The molecule has 2 bridgehead atoms. The number of unbranched alkanes of at least 4 members (excludes halogenated alkanes) is 4. The maximum Gasteiger partial charge on any atom is 0.306 e. The number of ether oxygens (including phenoxy) is 3. The molecule has 1 aromatic carbocycles. The monoisotopic (exact) mass is 439 g/mol. The molecule has 2 aliphatic carbocycles. The molecule has 0 saturated carbocycles. The summed E-state index contributed by atoms with van der Waals surface area (Å²) < 4.78 is 18.4. The Balaban J connectivity index is 1.56. The van der Waals surface area contributed by atoms with Crippen LogP contribution in [0.5, 0.6) is 11.5 Å². The summed E-state index contributed by atoms with van der Waals surface area (Å²) in [5.41, 5.74) is 0.559. The third kappa shape index (κ3) is 2.81. The number of methoxy groups -OCH3 is 1. The molecule has 4 aliphatic rings. The van der Waals surface area contributed by atoms with E-state index in [0.717, 1.165) is 43.4 Å². The van der Waals surface area contributed by atoms with Gasteiger partial charge in [-0.05, 0) is 56.6 Å². The van der Waals surface area contributed by atoms with Crippen molar-refractivity contribution in [3.8, 4) is 11.5 Å². The second-order valence-corrected chi connectivity index (χ2v) is 9.72. The summed E-state index contributed by atoms with van der Waals surface area (Å²) in [6.45, 7) is 3.00. The Bertz CT molecular complexity index is 971. The number of rotatable bonds is 8. The Hall–Kier alpha value is -2.34. The van der Waals surface area contributed by atoms with Gasteiger partial charge in [0, 0.05) is 12.0 Å². The standard InChI is InChI=1S/C26H33NO5/c1-4-5-6-7-8-9-21(29)32-26-13-12-18(28)24-25(26)14-15-27(2)20(26)16-17-10-11-19(30-3)23(31-24)22(17)25/h10-13,20,24H,4-9,14-16H2,1-3H3/t20-,24+,25+,26-/m1/s1. The number of likely N-dealkylation sites (N-methyl/N-ethyl adjacent to an activating group) is 1. The van der Waals surface area contributed by atoms with Gasteiger partial charge in [-0.2, -0.15) is 0 Å². The first-order valence-electron chi connectivity index (χ1n) is 12.0. The molecule has 0 unspecified atom stereocenters. The highest BCUT2D eigenvalue weighted by atomic mass is 16.6. The molecule has 6 heteroatoms. The van der Waals surface area contributed by atoms with Crippen molar-refractivity contribution in [1.82, 2.24) is 4.90 Å². The maximum absolute atomic E-state index is 13.1. The quantitative estimate of drug-likeness (QED) is 0.454. The predicted molar refractivity (Wildman–Crippen MR) is 120 cm³/mol. The van der Waals surface area contributed by atoms with Gasteiger partial charge in [0.15, 0.2) is 29.0 Å². The molecule has 1 fully saturated rings. The Morgan fingerprint density at radius 3 is 2.84 bits per heavy atom. The average Bonchev–Trinajstić information content (AvgIpc) is 3.14. The molecule has 32 heavy (non-hydrogen) atoms. The zero-order valence-electron chi connectivity index (χ0n) is 19.3. The minimum atomic E-state index is -0.913. The summed E-state index contributed by atoms with van der Waals surface area (Å²) >= 11 is 0. The van der Waals surface area contributed by atoms with Gasteiger partial charge in [0.05, 0.1) is 18.6 Å². The van der Waals surface area contributed by atoms with Gasteiger partial charge >= 0.3 is 5.97 Å². The largest absolute Gasteiger partial charge is 0.493 e. The van der Waals surface area contributed by atoms with Gasteiger partial charge in [-0.15, -0.1) is 0 Å². The second-order valence-electron chi connectivity index (χ2n) is 9.72. The maximum atomic E-state index is 13.1. The van der Waals surface area contributed by atoms with Gasteiger partial charge < -0.3 is 14.2 Å². The van der Waals surface area contributed by atoms with Crippen molar-refractivity contribution in [2.45, 2.75) is 81.5 Å². The first-order valence-corrected chi connectivity index (χ1v) is 12.0. The number of carbonyl (C=O) groups excluding carboxylic acids is 2. The van der Waals surface area contributed by atoms with E-state index in [0.29, 0.717) is 24.3 Å². The van der Waals surface area contributed by atoms with Crippen LogP contribution in [0, 0.1) is 0 Å². The van der Waals surface area contributed by atoms with Gasteiger partial charge in [-0.1, -0.05) is 38.7 Å². The normalized spacial score (nSPS) is 31.8. The fraction of sp³-hybridized carbons (Fsp3) is 0.615. The summed E-state index contributed by atoms with van der Waals surface area (Å²) in [6.07, 6.45) is 9.99. The molecule has 0 radical (unpaired) electrons. The zero-order chi connectivity index (χ0) is 22.5. The highest BCUT2D eigenvalue weighted by molar-refractivity contribution is 5.99. The molecule has 1 spiro atoms. The van der Waals surface area contributed by atoms with Crippen molar-refractivity contribution in [3.63, 3.8) is 0 Å². The SMILES string of the molecule is CCCCCCCC(=O)O[C@@]12C=CC(=O)[C@@H]3Oc4c(OC)ccc5c4[C@@]31CCN(C)[C@@H]2C5. The molecule has 2 heterocycles. The van der Waals surface area contributed by atoms with Crippen LogP contribution in [-0.2, 0) is 26.2 Å². The van der Waals surface area contributed by atoms with Crippen LogP contribution < -0.4 is 9.47 Å². The first-order chi connectivity index (χ1) is 15.5. The van der Waals surface area contributed by atoms with Crippen molar-refractivity contribution in [2.75, 3.05) is 20.7 Å². The van der Waals surface area contributed by atoms with Gasteiger partial charge in [0.2, 0.25) is 0 Å². The highest BCUT2D eigenvalue weighted by Gasteiger charge is 2.74. The minimum absolute atomic E-state index is 0.0393. The number of piperidine rings is 1. The van der Waals surface area contributed by atoms with Crippen LogP contribution in [0.25, 0.3) is 0 Å². The Kier molecular flexibility index (Phi) is 5.31. The Labute approximate surface area is 189 Å². The summed E-state index contributed by atoms with van der Waals surface area (Å²) in [5.74, 6) is 1.04. The van der Waals surface area contributed by atoms with Gasteiger partial charge in [0.1, 0.15) is 0 Å². The third-order valence-electron chi connectivity index (χ3n) is 8.07. The summed E-state index contributed by atoms with van der Waals surface area (Å²) in [6, 6.07) is 3.97. The molecule has 2 aliphatic heterocycles. The Morgan fingerprint density at radius 1 is 1.25 bits per heavy atom. The van der Waals surface area contributed by atoms with Crippen LogP contribution >= 0.6 is 0 Å². The number of hydrogen-bond donors (Lipinski definition) is 0. The van der Waals surface area contributed by atoms with E-state index in [1.807, 2.05) is 12.1 Å². The first kappa shape index (κ1) is 21.5. The van der Waals surface area contributed by atoms with Crippen molar-refractivity contribution < 1.29 is 23.8 Å². The summed E-state index contributed by atoms with van der Waals surface area (Å²) in [4.78, 5) is 28.5. The third-order valence-corrected chi connectivity index (χ3v) is 8.07. The smallest absolute Gasteiger partial charge is 0.306 e. The molecule has 0 aromatic heterocycles. The lowest BCUT2D eigenvalue weighted by molar-refractivity contribution is -0.190. The number of benzene rings is 1. The molecule has 172 valence electrons. The lowest BCUT2D eigenvalue weighted by atomic mass is 9.50. The van der Waals surface area contributed by atoms with Crippen molar-refractivity contribution in [2.24, 2.45) is 0 Å². The molecular weight excluding hydrogens is 406 g/mol. The van der Waals surface area contributed by atoms with Crippen LogP contribution in [0.2, 0.25) is 0 Å². The van der Waals surface area contributed by atoms with Crippen LogP contribution in [-0.4, -0.2) is 55.1 Å². The number of nitrogens with zero attached hydrogens (tertiary/aromatic N) is 1. The number of hydrogen-bond acceptors (Lipinski definition) is 6. The molecule has 5 rings (SSSR count). The van der Waals surface area contributed by atoms with E-state index in [1.165, 1.54) is 12.8 Å². The lowest BCUT2D eigenvalue weighted by Gasteiger charge is -2.61. The molecule has 0 amide bonds. The predicted octanol–water partition coefficient (Wildman–Crippen LogP) is 3.74. The van der Waals surface area contributed by atoms with Crippen LogP contribution in [0.1, 0.15) is 63.0 Å². The number of carbonyl (C=O) groups is 2.